The topological polar surface area (TPSA) is 95.7 Å². The van der Waals surface area contributed by atoms with E-state index in [2.05, 4.69) is 4.74 Å². The van der Waals surface area contributed by atoms with Crippen LogP contribution in [0.1, 0.15) is 29.3 Å². The summed E-state index contributed by atoms with van der Waals surface area (Å²) in [7, 11) is 0. The van der Waals surface area contributed by atoms with Crippen LogP contribution in [-0.4, -0.2) is 23.3 Å². The zero-order valence-electron chi connectivity index (χ0n) is 14.8. The van der Waals surface area contributed by atoms with E-state index in [1.54, 1.807) is 0 Å². The molecule has 0 aromatic heterocycles. The van der Waals surface area contributed by atoms with E-state index >= 15 is 0 Å². The number of benzene rings is 2. The number of carbonyl (C=O) groups excluding carboxylic acids is 2. The third-order valence-electron chi connectivity index (χ3n) is 3.56. The molecule has 7 nitrogen and oxygen atoms in total. The molecule has 0 saturated heterocycles. The highest BCUT2D eigenvalue weighted by Gasteiger charge is 2.31. The number of Topliss-reactive ketones (excluding diaryl/α,β-unsaturated/α-hetero) is 1. The van der Waals surface area contributed by atoms with Gasteiger partial charge in [0.15, 0.2) is 5.78 Å². The molecule has 0 fully saturated rings. The van der Waals surface area contributed by atoms with Crippen molar-refractivity contribution in [1.29, 1.82) is 0 Å². The maximum absolute atomic E-state index is 12.7. The Balaban J connectivity index is 2.34. The second kappa shape index (κ2) is 8.91. The van der Waals surface area contributed by atoms with E-state index in [0.29, 0.717) is 6.07 Å². The number of ether oxygens (including phenoxy) is 2. The normalized spacial score (nSPS) is 11.1. The Morgan fingerprint density at radius 2 is 1.86 bits per heavy atom. The van der Waals surface area contributed by atoms with E-state index in [1.807, 2.05) is 0 Å². The fourth-order valence-corrected chi connectivity index (χ4v) is 2.51. The molecule has 2 aromatic carbocycles. The van der Waals surface area contributed by atoms with Crippen LogP contribution in [0.4, 0.5) is 18.9 Å². The zero-order chi connectivity index (χ0) is 21.8. The van der Waals surface area contributed by atoms with Crippen LogP contribution in [-0.2, 0) is 15.7 Å². The second-order valence-electron chi connectivity index (χ2n) is 5.59. The lowest BCUT2D eigenvalue weighted by molar-refractivity contribution is -0.385. The molecule has 0 aliphatic rings. The van der Waals surface area contributed by atoms with Gasteiger partial charge in [0.2, 0.25) is 0 Å². The number of esters is 1. The SMILES string of the molecule is CCOC(=O)CC(=O)c1cc(Oc2ccc(C(F)(F)F)cc2Cl)ccc1[N+](=O)[O-]. The van der Waals surface area contributed by atoms with Crippen LogP contribution >= 0.6 is 11.6 Å². The van der Waals surface area contributed by atoms with Gasteiger partial charge in [-0.05, 0) is 37.3 Å². The molecule has 0 unspecified atom stereocenters. The first kappa shape index (κ1) is 22.2. The molecule has 0 bridgehead atoms. The fraction of sp³-hybridized carbons (Fsp3) is 0.222. The van der Waals surface area contributed by atoms with Gasteiger partial charge in [-0.1, -0.05) is 11.6 Å². The van der Waals surface area contributed by atoms with Crippen molar-refractivity contribution in [3.63, 3.8) is 0 Å². The molecule has 0 aliphatic carbocycles. The summed E-state index contributed by atoms with van der Waals surface area (Å²) in [4.78, 5) is 34.1. The fourth-order valence-electron chi connectivity index (χ4n) is 2.29. The van der Waals surface area contributed by atoms with E-state index in [0.717, 1.165) is 30.3 Å². The second-order valence-corrected chi connectivity index (χ2v) is 5.99. The Morgan fingerprint density at radius 3 is 2.41 bits per heavy atom. The maximum Gasteiger partial charge on any atom is 0.416 e. The van der Waals surface area contributed by atoms with Gasteiger partial charge < -0.3 is 9.47 Å². The number of alkyl halides is 3. The molecule has 2 rings (SSSR count). The molecule has 2 aromatic rings. The van der Waals surface area contributed by atoms with Gasteiger partial charge in [0.05, 0.1) is 27.7 Å². The summed E-state index contributed by atoms with van der Waals surface area (Å²) in [5.74, 6) is -1.98. The highest BCUT2D eigenvalue weighted by molar-refractivity contribution is 6.32. The summed E-state index contributed by atoms with van der Waals surface area (Å²) in [5.41, 5.74) is -1.96. The monoisotopic (exact) mass is 431 g/mol. The third kappa shape index (κ3) is 5.67. The van der Waals surface area contributed by atoms with Crippen molar-refractivity contribution in [3.05, 3.63) is 62.7 Å². The van der Waals surface area contributed by atoms with E-state index in [9.17, 15) is 32.9 Å². The van der Waals surface area contributed by atoms with Gasteiger partial charge in [-0.15, -0.1) is 0 Å². The largest absolute Gasteiger partial charge is 0.466 e. The molecule has 0 aliphatic heterocycles. The first-order valence-electron chi connectivity index (χ1n) is 8.04. The molecule has 0 atom stereocenters. The number of hydrogen-bond acceptors (Lipinski definition) is 6. The van der Waals surface area contributed by atoms with Gasteiger partial charge in [-0.25, -0.2) is 0 Å². The minimum Gasteiger partial charge on any atom is -0.466 e. The number of nitro groups is 1. The smallest absolute Gasteiger partial charge is 0.416 e. The first-order valence-corrected chi connectivity index (χ1v) is 8.42. The van der Waals surface area contributed by atoms with Crippen LogP contribution in [0.15, 0.2) is 36.4 Å². The number of nitro benzene ring substituents is 1. The first-order chi connectivity index (χ1) is 13.5. The Morgan fingerprint density at radius 1 is 1.17 bits per heavy atom. The molecule has 0 radical (unpaired) electrons. The molecule has 154 valence electrons. The Bertz CT molecular complexity index is 961. The van der Waals surface area contributed by atoms with Crippen LogP contribution in [0.25, 0.3) is 0 Å². The average Bonchev–Trinajstić information content (AvgIpc) is 2.62. The average molecular weight is 432 g/mol. The standard InChI is InChI=1S/C18H13ClF3NO6/c1-2-28-17(25)9-15(24)12-8-11(4-5-14(12)23(26)27)29-16-6-3-10(7-13(16)19)18(20,21)22/h3-8H,2,9H2,1H3. The van der Waals surface area contributed by atoms with Crippen molar-refractivity contribution in [2.45, 2.75) is 19.5 Å². The number of rotatable bonds is 7. The highest BCUT2D eigenvalue weighted by atomic mass is 35.5. The van der Waals surface area contributed by atoms with Crippen molar-refractivity contribution in [1.82, 2.24) is 0 Å². The summed E-state index contributed by atoms with van der Waals surface area (Å²) in [6.07, 6.45) is -5.32. The number of ketones is 1. The molecule has 0 spiro atoms. The molecule has 29 heavy (non-hydrogen) atoms. The summed E-state index contributed by atoms with van der Waals surface area (Å²) in [6, 6.07) is 5.52. The van der Waals surface area contributed by atoms with Gasteiger partial charge in [0, 0.05) is 6.07 Å². The van der Waals surface area contributed by atoms with E-state index in [1.165, 1.54) is 6.92 Å². The Labute approximate surface area is 167 Å². The predicted octanol–water partition coefficient (Wildman–Crippen LogP) is 5.20. The maximum atomic E-state index is 12.7. The van der Waals surface area contributed by atoms with Gasteiger partial charge in [-0.3, -0.25) is 19.7 Å². The van der Waals surface area contributed by atoms with Crippen LogP contribution in [0.3, 0.4) is 0 Å². The summed E-state index contributed by atoms with van der Waals surface area (Å²) >= 11 is 5.81. The number of halogens is 4. The van der Waals surface area contributed by atoms with Crippen LogP contribution in [0, 0.1) is 10.1 Å². The molecular formula is C18H13ClF3NO6. The Kier molecular flexibility index (Phi) is 6.80. The van der Waals surface area contributed by atoms with Crippen LogP contribution < -0.4 is 4.74 Å². The van der Waals surface area contributed by atoms with Gasteiger partial charge in [-0.2, -0.15) is 13.2 Å². The van der Waals surface area contributed by atoms with Crippen LogP contribution in [0.2, 0.25) is 5.02 Å². The number of carbonyl (C=O) groups is 2. The summed E-state index contributed by atoms with van der Waals surface area (Å²) in [6.45, 7) is 1.57. The van der Waals surface area contributed by atoms with Crippen molar-refractivity contribution in [3.8, 4) is 11.5 Å². The third-order valence-corrected chi connectivity index (χ3v) is 3.86. The predicted molar refractivity (Wildman–Crippen MR) is 95.2 cm³/mol. The molecule has 0 saturated carbocycles. The summed E-state index contributed by atoms with van der Waals surface area (Å²) in [5, 5.41) is 10.8. The zero-order valence-corrected chi connectivity index (χ0v) is 15.5. The molecule has 11 heteroatoms. The minimum atomic E-state index is -4.60. The van der Waals surface area contributed by atoms with Crippen molar-refractivity contribution in [2.75, 3.05) is 6.61 Å². The summed E-state index contributed by atoms with van der Waals surface area (Å²) < 4.78 is 48.1. The molecular weight excluding hydrogens is 419 g/mol. The number of nitrogens with zero attached hydrogens (tertiary/aromatic N) is 1. The lowest BCUT2D eigenvalue weighted by Crippen LogP contribution is -2.13. The van der Waals surface area contributed by atoms with Crippen LogP contribution in [0.5, 0.6) is 11.5 Å². The van der Waals surface area contributed by atoms with E-state index in [4.69, 9.17) is 16.3 Å². The van der Waals surface area contributed by atoms with Crippen molar-refractivity contribution < 1.29 is 37.2 Å². The minimum absolute atomic E-state index is 0.0315. The quantitative estimate of drug-likeness (QED) is 0.197. The lowest BCUT2D eigenvalue weighted by Gasteiger charge is -2.12. The Hall–Kier alpha value is -3.14. The molecule has 0 amide bonds. The van der Waals surface area contributed by atoms with Crippen molar-refractivity contribution in [2.24, 2.45) is 0 Å². The molecule has 0 N–H and O–H groups in total. The lowest BCUT2D eigenvalue weighted by atomic mass is 10.1. The van der Waals surface area contributed by atoms with Crippen molar-refractivity contribution >= 4 is 29.0 Å². The van der Waals surface area contributed by atoms with Gasteiger partial charge >= 0.3 is 12.1 Å². The van der Waals surface area contributed by atoms with Gasteiger partial charge in [0.1, 0.15) is 17.9 Å². The van der Waals surface area contributed by atoms with E-state index < -0.39 is 46.1 Å². The highest BCUT2D eigenvalue weighted by Crippen LogP contribution is 2.37. The number of hydrogen-bond donors (Lipinski definition) is 0. The molecule has 0 heterocycles. The van der Waals surface area contributed by atoms with E-state index in [-0.39, 0.29) is 23.1 Å². The van der Waals surface area contributed by atoms with Gasteiger partial charge in [0.25, 0.3) is 5.69 Å².